The molecule has 20 heavy (non-hydrogen) atoms. The normalized spacial score (nSPS) is 22.2. The molecule has 1 aromatic heterocycles. The Hall–Kier alpha value is -1.36. The molecule has 0 aromatic carbocycles. The fourth-order valence-electron chi connectivity index (χ4n) is 3.14. The van der Waals surface area contributed by atoms with Crippen molar-refractivity contribution in [3.63, 3.8) is 0 Å². The van der Waals surface area contributed by atoms with Crippen LogP contribution in [0.25, 0.3) is 0 Å². The van der Waals surface area contributed by atoms with Gasteiger partial charge in [-0.25, -0.2) is 0 Å². The van der Waals surface area contributed by atoms with Gasteiger partial charge in [-0.2, -0.15) is 5.10 Å². The first-order valence-electron chi connectivity index (χ1n) is 7.81. The number of H-pyrrole nitrogens is 1. The lowest BCUT2D eigenvalue weighted by molar-refractivity contribution is -0.121. The summed E-state index contributed by atoms with van der Waals surface area (Å²) in [6.07, 6.45) is 6.43. The molecule has 110 valence electrons. The molecule has 5 nitrogen and oxygen atoms in total. The molecule has 1 aliphatic heterocycles. The minimum absolute atomic E-state index is 0.0473. The molecule has 1 aliphatic carbocycles. The first-order valence-corrected chi connectivity index (χ1v) is 7.81. The van der Waals surface area contributed by atoms with E-state index in [1.54, 1.807) is 0 Å². The Kier molecular flexibility index (Phi) is 4.05. The third kappa shape index (κ3) is 2.87. The van der Waals surface area contributed by atoms with Gasteiger partial charge in [-0.1, -0.05) is 26.2 Å². The number of hydrogen-bond acceptors (Lipinski definition) is 3. The summed E-state index contributed by atoms with van der Waals surface area (Å²) in [4.78, 5) is 12.1. The lowest BCUT2D eigenvalue weighted by Crippen LogP contribution is -2.48. The highest BCUT2D eigenvalue weighted by Gasteiger charge is 2.29. The fourth-order valence-corrected chi connectivity index (χ4v) is 3.14. The molecule has 0 radical (unpaired) electrons. The fraction of sp³-hybridized carbons (Fsp3) is 0.733. The molecule has 3 rings (SSSR count). The van der Waals surface area contributed by atoms with E-state index in [0.29, 0.717) is 17.7 Å². The summed E-state index contributed by atoms with van der Waals surface area (Å²) >= 11 is 0. The highest BCUT2D eigenvalue weighted by atomic mass is 16.2. The first kappa shape index (κ1) is 13.6. The molecule has 3 N–H and O–H groups in total. The zero-order valence-electron chi connectivity index (χ0n) is 12.1. The Morgan fingerprint density at radius 3 is 2.75 bits per heavy atom. The second kappa shape index (κ2) is 5.95. The van der Waals surface area contributed by atoms with Crippen LogP contribution in [0.2, 0.25) is 0 Å². The molecule has 1 unspecified atom stereocenters. The maximum atomic E-state index is 12.1. The number of nitrogens with zero attached hydrogens (tertiary/aromatic N) is 1. The van der Waals surface area contributed by atoms with Crippen molar-refractivity contribution in [1.82, 2.24) is 15.5 Å². The van der Waals surface area contributed by atoms with E-state index >= 15 is 0 Å². The number of carbonyl (C=O) groups excluding carboxylic acids is 1. The van der Waals surface area contributed by atoms with Crippen LogP contribution in [0, 0.1) is 11.8 Å². The van der Waals surface area contributed by atoms with Gasteiger partial charge in [0, 0.05) is 23.6 Å². The van der Waals surface area contributed by atoms with E-state index < -0.39 is 0 Å². The molecular formula is C15H24N4O. The lowest BCUT2D eigenvalue weighted by Gasteiger charge is -2.31. The van der Waals surface area contributed by atoms with Crippen LogP contribution in [-0.2, 0) is 4.79 Å². The Labute approximate surface area is 119 Å². The number of aromatic amines is 1. The molecular weight excluding hydrogens is 252 g/mol. The van der Waals surface area contributed by atoms with E-state index in [0.717, 1.165) is 13.1 Å². The summed E-state index contributed by atoms with van der Waals surface area (Å²) in [5.74, 6) is 1.86. The number of aromatic nitrogens is 2. The summed E-state index contributed by atoms with van der Waals surface area (Å²) in [7, 11) is 0. The van der Waals surface area contributed by atoms with E-state index in [9.17, 15) is 4.79 Å². The van der Waals surface area contributed by atoms with Gasteiger partial charge in [0.15, 0.2) is 5.82 Å². The van der Waals surface area contributed by atoms with E-state index in [1.165, 1.54) is 37.8 Å². The molecule has 2 aliphatic rings. The van der Waals surface area contributed by atoms with E-state index in [2.05, 4.69) is 20.8 Å². The third-order valence-corrected chi connectivity index (χ3v) is 4.83. The smallest absolute Gasteiger partial charge is 0.228 e. The van der Waals surface area contributed by atoms with Crippen molar-refractivity contribution in [1.29, 1.82) is 0 Å². The highest BCUT2D eigenvalue weighted by Crippen LogP contribution is 2.32. The SMILES string of the molecule is CC(C(=O)Nc1cc(C2CCCCC2)[nH]n1)C1CNC1. The van der Waals surface area contributed by atoms with E-state index in [-0.39, 0.29) is 11.8 Å². The molecule has 0 spiro atoms. The summed E-state index contributed by atoms with van der Waals surface area (Å²) in [5.41, 5.74) is 1.18. The van der Waals surface area contributed by atoms with Gasteiger partial charge in [0.05, 0.1) is 0 Å². The van der Waals surface area contributed by atoms with E-state index in [4.69, 9.17) is 0 Å². The summed E-state index contributed by atoms with van der Waals surface area (Å²) < 4.78 is 0. The Morgan fingerprint density at radius 2 is 2.10 bits per heavy atom. The van der Waals surface area contributed by atoms with Gasteiger partial charge in [0.1, 0.15) is 0 Å². The average Bonchev–Trinajstić information content (AvgIpc) is 2.86. The molecule has 0 bridgehead atoms. The van der Waals surface area contributed by atoms with Crippen LogP contribution in [0.15, 0.2) is 6.07 Å². The monoisotopic (exact) mass is 276 g/mol. The minimum atomic E-state index is 0.0473. The Morgan fingerprint density at radius 1 is 1.35 bits per heavy atom. The minimum Gasteiger partial charge on any atom is -0.316 e. The average molecular weight is 276 g/mol. The quantitative estimate of drug-likeness (QED) is 0.790. The number of rotatable bonds is 4. The van der Waals surface area contributed by atoms with Gasteiger partial charge in [0.2, 0.25) is 5.91 Å². The Bertz CT molecular complexity index is 460. The summed E-state index contributed by atoms with van der Waals surface area (Å²) in [6, 6.07) is 2.01. The number of amides is 1. The number of hydrogen-bond donors (Lipinski definition) is 3. The third-order valence-electron chi connectivity index (χ3n) is 4.83. The topological polar surface area (TPSA) is 69.8 Å². The van der Waals surface area contributed by atoms with Crippen molar-refractivity contribution in [3.05, 3.63) is 11.8 Å². The zero-order valence-corrected chi connectivity index (χ0v) is 12.1. The largest absolute Gasteiger partial charge is 0.316 e. The van der Waals surface area contributed by atoms with Crippen molar-refractivity contribution in [3.8, 4) is 0 Å². The number of nitrogens with one attached hydrogen (secondary N) is 3. The van der Waals surface area contributed by atoms with Gasteiger partial charge in [-0.15, -0.1) is 0 Å². The van der Waals surface area contributed by atoms with Crippen LogP contribution in [-0.4, -0.2) is 29.2 Å². The van der Waals surface area contributed by atoms with Gasteiger partial charge >= 0.3 is 0 Å². The molecule has 1 saturated heterocycles. The van der Waals surface area contributed by atoms with Crippen molar-refractivity contribution in [2.75, 3.05) is 18.4 Å². The number of carbonyl (C=O) groups is 1. The summed E-state index contributed by atoms with van der Waals surface area (Å²) in [6.45, 7) is 3.89. The predicted molar refractivity (Wildman–Crippen MR) is 78.6 cm³/mol. The van der Waals surface area contributed by atoms with Crippen LogP contribution in [0.4, 0.5) is 5.82 Å². The van der Waals surface area contributed by atoms with Gasteiger partial charge in [0.25, 0.3) is 0 Å². The van der Waals surface area contributed by atoms with Gasteiger partial charge < -0.3 is 10.6 Å². The van der Waals surface area contributed by atoms with Crippen molar-refractivity contribution in [2.24, 2.45) is 11.8 Å². The van der Waals surface area contributed by atoms with Crippen molar-refractivity contribution < 1.29 is 4.79 Å². The van der Waals surface area contributed by atoms with Crippen LogP contribution in [0.1, 0.15) is 50.6 Å². The first-order chi connectivity index (χ1) is 9.74. The number of anilines is 1. The molecule has 5 heteroatoms. The second-order valence-corrected chi connectivity index (χ2v) is 6.24. The van der Waals surface area contributed by atoms with Gasteiger partial charge in [-0.05, 0) is 31.8 Å². The summed E-state index contributed by atoms with van der Waals surface area (Å²) in [5, 5.41) is 13.5. The molecule has 1 amide bonds. The maximum absolute atomic E-state index is 12.1. The molecule has 2 fully saturated rings. The highest BCUT2D eigenvalue weighted by molar-refractivity contribution is 5.91. The molecule has 1 saturated carbocycles. The standard InChI is InChI=1S/C15H24N4O/c1-10(12-8-16-9-12)15(20)17-14-7-13(18-19-14)11-5-3-2-4-6-11/h7,10-12,16H,2-6,8-9H2,1H3,(H2,17,18,19,20). The van der Waals surface area contributed by atoms with E-state index in [1.807, 2.05) is 13.0 Å². The van der Waals surface area contributed by atoms with Crippen LogP contribution in [0.3, 0.4) is 0 Å². The predicted octanol–water partition coefficient (Wildman–Crippen LogP) is 2.25. The zero-order chi connectivity index (χ0) is 13.9. The Balaban J connectivity index is 1.57. The molecule has 2 heterocycles. The van der Waals surface area contributed by atoms with Crippen LogP contribution >= 0.6 is 0 Å². The molecule has 1 atom stereocenters. The van der Waals surface area contributed by atoms with Crippen molar-refractivity contribution in [2.45, 2.75) is 44.9 Å². The van der Waals surface area contributed by atoms with Gasteiger partial charge in [-0.3, -0.25) is 9.89 Å². The molecule has 1 aromatic rings. The lowest BCUT2D eigenvalue weighted by atomic mass is 9.87. The van der Waals surface area contributed by atoms with Crippen molar-refractivity contribution >= 4 is 11.7 Å². The van der Waals surface area contributed by atoms with Crippen LogP contribution in [0.5, 0.6) is 0 Å². The van der Waals surface area contributed by atoms with Crippen LogP contribution < -0.4 is 10.6 Å². The maximum Gasteiger partial charge on any atom is 0.228 e. The second-order valence-electron chi connectivity index (χ2n) is 6.24.